The van der Waals surface area contributed by atoms with Crippen LogP contribution in [0.3, 0.4) is 0 Å². The number of hydrogen-bond acceptors (Lipinski definition) is 2. The third-order valence-electron chi connectivity index (χ3n) is 2.64. The molecule has 1 aromatic carbocycles. The van der Waals surface area contributed by atoms with Gasteiger partial charge in [0.25, 0.3) is 5.91 Å². The molecule has 0 saturated carbocycles. The summed E-state index contributed by atoms with van der Waals surface area (Å²) in [5, 5.41) is 2.49. The minimum atomic E-state index is -4.58. The van der Waals surface area contributed by atoms with Crippen molar-refractivity contribution in [3.8, 4) is 0 Å². The first-order valence-corrected chi connectivity index (χ1v) is 6.46. The Bertz CT molecular complexity index is 459. The van der Waals surface area contributed by atoms with E-state index >= 15 is 0 Å². The first kappa shape index (κ1) is 16.0. The highest BCUT2D eigenvalue weighted by Crippen LogP contribution is 2.33. The number of rotatable bonds is 4. The normalized spacial score (nSPS) is 13.2. The monoisotopic (exact) mass is 338 g/mol. The molecule has 1 aromatic rings. The second-order valence-electron chi connectivity index (χ2n) is 4.00. The van der Waals surface area contributed by atoms with E-state index in [2.05, 4.69) is 21.2 Å². The molecule has 1 atom stereocenters. The molecular weight excluding hydrogens is 325 g/mol. The second-order valence-corrected chi connectivity index (χ2v) is 4.92. The zero-order valence-corrected chi connectivity index (χ0v) is 11.8. The summed E-state index contributed by atoms with van der Waals surface area (Å²) in [6.07, 6.45) is -4.03. The van der Waals surface area contributed by atoms with Crippen LogP contribution >= 0.6 is 15.9 Å². The number of nitrogens with one attached hydrogen (secondary N) is 1. The van der Waals surface area contributed by atoms with E-state index in [0.717, 1.165) is 12.1 Å². The maximum Gasteiger partial charge on any atom is 0.417 e. The SMILES string of the molecule is CCC(CN)NC(=O)c1ccc(Br)cc1C(F)(F)F. The van der Waals surface area contributed by atoms with Gasteiger partial charge in [-0.05, 0) is 24.6 Å². The van der Waals surface area contributed by atoms with Crippen molar-refractivity contribution in [3.05, 3.63) is 33.8 Å². The van der Waals surface area contributed by atoms with Crippen LogP contribution in [-0.2, 0) is 6.18 Å². The standard InChI is InChI=1S/C12H14BrF3N2O/c1-2-8(6-17)18-11(19)9-4-3-7(13)5-10(9)12(14,15)16/h3-5,8H,2,6,17H2,1H3,(H,18,19). The molecule has 106 valence electrons. The molecule has 0 aromatic heterocycles. The third kappa shape index (κ3) is 4.21. The second kappa shape index (κ2) is 6.38. The molecule has 0 radical (unpaired) electrons. The minimum absolute atomic E-state index is 0.181. The van der Waals surface area contributed by atoms with Gasteiger partial charge < -0.3 is 11.1 Å². The Kier molecular flexibility index (Phi) is 5.37. The fourth-order valence-corrected chi connectivity index (χ4v) is 1.90. The van der Waals surface area contributed by atoms with E-state index in [4.69, 9.17) is 5.73 Å². The van der Waals surface area contributed by atoms with Crippen LogP contribution in [0.1, 0.15) is 29.3 Å². The van der Waals surface area contributed by atoms with E-state index in [9.17, 15) is 18.0 Å². The van der Waals surface area contributed by atoms with E-state index in [1.54, 1.807) is 6.92 Å². The Labute approximate surface area is 117 Å². The predicted octanol–water partition coefficient (Wildman–Crippen LogP) is 2.94. The van der Waals surface area contributed by atoms with Crippen molar-refractivity contribution in [1.82, 2.24) is 5.32 Å². The Morgan fingerprint density at radius 2 is 2.11 bits per heavy atom. The average molecular weight is 339 g/mol. The average Bonchev–Trinajstić information content (AvgIpc) is 2.34. The lowest BCUT2D eigenvalue weighted by atomic mass is 10.1. The Balaban J connectivity index is 3.09. The summed E-state index contributed by atoms with van der Waals surface area (Å²) < 4.78 is 38.9. The zero-order valence-electron chi connectivity index (χ0n) is 10.2. The van der Waals surface area contributed by atoms with Gasteiger partial charge in [-0.2, -0.15) is 13.2 Å². The molecule has 0 bridgehead atoms. The molecule has 0 heterocycles. The fourth-order valence-electron chi connectivity index (χ4n) is 1.54. The van der Waals surface area contributed by atoms with Gasteiger partial charge in [-0.25, -0.2) is 0 Å². The fraction of sp³-hybridized carbons (Fsp3) is 0.417. The highest BCUT2D eigenvalue weighted by atomic mass is 79.9. The first-order chi connectivity index (χ1) is 8.79. The van der Waals surface area contributed by atoms with E-state index in [1.165, 1.54) is 6.07 Å². The van der Waals surface area contributed by atoms with Crippen LogP contribution in [0.4, 0.5) is 13.2 Å². The molecule has 0 aliphatic rings. The molecule has 19 heavy (non-hydrogen) atoms. The van der Waals surface area contributed by atoms with Crippen molar-refractivity contribution in [2.45, 2.75) is 25.6 Å². The molecule has 1 amide bonds. The summed E-state index contributed by atoms with van der Waals surface area (Å²) in [7, 11) is 0. The molecule has 3 N–H and O–H groups in total. The van der Waals surface area contributed by atoms with Crippen LogP contribution in [0.15, 0.2) is 22.7 Å². The highest BCUT2D eigenvalue weighted by molar-refractivity contribution is 9.10. The lowest BCUT2D eigenvalue weighted by Gasteiger charge is -2.17. The van der Waals surface area contributed by atoms with Gasteiger partial charge in [-0.1, -0.05) is 22.9 Å². The quantitative estimate of drug-likeness (QED) is 0.886. The smallest absolute Gasteiger partial charge is 0.348 e. The molecule has 0 fully saturated rings. The topological polar surface area (TPSA) is 55.1 Å². The van der Waals surface area contributed by atoms with Crippen molar-refractivity contribution >= 4 is 21.8 Å². The van der Waals surface area contributed by atoms with Crippen LogP contribution in [0, 0.1) is 0 Å². The molecule has 0 aliphatic heterocycles. The van der Waals surface area contributed by atoms with Gasteiger partial charge in [0.15, 0.2) is 0 Å². The van der Waals surface area contributed by atoms with Gasteiger partial charge in [-0.15, -0.1) is 0 Å². The largest absolute Gasteiger partial charge is 0.417 e. The van der Waals surface area contributed by atoms with Gasteiger partial charge in [0, 0.05) is 17.1 Å². The summed E-state index contributed by atoms with van der Waals surface area (Å²) in [5.41, 5.74) is 4.05. The molecule has 1 unspecified atom stereocenters. The summed E-state index contributed by atoms with van der Waals surface area (Å²) in [6, 6.07) is 3.09. The Hall–Kier alpha value is -1.08. The van der Waals surface area contributed by atoms with Gasteiger partial charge in [-0.3, -0.25) is 4.79 Å². The molecule has 0 spiro atoms. The number of nitrogens with two attached hydrogens (primary N) is 1. The molecule has 0 saturated heterocycles. The third-order valence-corrected chi connectivity index (χ3v) is 3.14. The van der Waals surface area contributed by atoms with Gasteiger partial charge in [0.2, 0.25) is 0 Å². The molecule has 0 aliphatic carbocycles. The van der Waals surface area contributed by atoms with Gasteiger partial charge in [0.05, 0.1) is 11.1 Å². The van der Waals surface area contributed by atoms with Crippen LogP contribution in [0.5, 0.6) is 0 Å². The first-order valence-electron chi connectivity index (χ1n) is 5.67. The lowest BCUT2D eigenvalue weighted by molar-refractivity contribution is -0.138. The molecule has 1 rings (SSSR count). The molecule has 3 nitrogen and oxygen atoms in total. The van der Waals surface area contributed by atoms with Crippen molar-refractivity contribution in [1.29, 1.82) is 0 Å². The van der Waals surface area contributed by atoms with E-state index in [0.29, 0.717) is 6.42 Å². The Morgan fingerprint density at radius 1 is 1.47 bits per heavy atom. The van der Waals surface area contributed by atoms with Crippen molar-refractivity contribution in [2.24, 2.45) is 5.73 Å². The number of amides is 1. The van der Waals surface area contributed by atoms with Crippen molar-refractivity contribution in [3.63, 3.8) is 0 Å². The van der Waals surface area contributed by atoms with Crippen LogP contribution in [0.2, 0.25) is 0 Å². The predicted molar refractivity (Wildman–Crippen MR) is 69.7 cm³/mol. The van der Waals surface area contributed by atoms with Crippen LogP contribution in [-0.4, -0.2) is 18.5 Å². The van der Waals surface area contributed by atoms with Gasteiger partial charge in [0.1, 0.15) is 0 Å². The number of benzene rings is 1. The van der Waals surface area contributed by atoms with Crippen LogP contribution in [0.25, 0.3) is 0 Å². The number of carbonyl (C=O) groups is 1. The van der Waals surface area contributed by atoms with Crippen LogP contribution < -0.4 is 11.1 Å². The summed E-state index contributed by atoms with van der Waals surface area (Å²) in [6.45, 7) is 1.98. The van der Waals surface area contributed by atoms with Crippen molar-refractivity contribution in [2.75, 3.05) is 6.54 Å². The highest BCUT2D eigenvalue weighted by Gasteiger charge is 2.35. The molecule has 7 heteroatoms. The number of hydrogen-bond donors (Lipinski definition) is 2. The van der Waals surface area contributed by atoms with E-state index in [-0.39, 0.29) is 17.1 Å². The number of carbonyl (C=O) groups excluding carboxylic acids is 1. The maximum absolute atomic E-state index is 12.9. The zero-order chi connectivity index (χ0) is 14.6. The summed E-state index contributed by atoms with van der Waals surface area (Å²) in [5.74, 6) is -0.767. The van der Waals surface area contributed by atoms with E-state index in [1.807, 2.05) is 0 Å². The maximum atomic E-state index is 12.9. The van der Waals surface area contributed by atoms with Gasteiger partial charge >= 0.3 is 6.18 Å². The minimum Gasteiger partial charge on any atom is -0.348 e. The van der Waals surface area contributed by atoms with E-state index < -0.39 is 23.2 Å². The lowest BCUT2D eigenvalue weighted by Crippen LogP contribution is -2.40. The Morgan fingerprint density at radius 3 is 2.58 bits per heavy atom. The number of halogens is 4. The summed E-state index contributed by atoms with van der Waals surface area (Å²) >= 11 is 2.96. The number of alkyl halides is 3. The molecular formula is C12H14BrF3N2O. The summed E-state index contributed by atoms with van der Waals surface area (Å²) in [4.78, 5) is 11.9. The van der Waals surface area contributed by atoms with Crippen molar-refractivity contribution < 1.29 is 18.0 Å².